The average molecular weight is 153 g/mol. The van der Waals surface area contributed by atoms with Crippen LogP contribution in [0.1, 0.15) is 12.8 Å². The molecule has 0 aromatic heterocycles. The molecule has 1 rings (SSSR count). The number of carbonyl (C=O) groups excluding carboxylic acids is 1. The highest BCUT2D eigenvalue weighted by molar-refractivity contribution is 5.75. The van der Waals surface area contributed by atoms with Gasteiger partial charge in [0, 0.05) is 0 Å². The van der Waals surface area contributed by atoms with Gasteiger partial charge < -0.3 is 10.8 Å². The summed E-state index contributed by atoms with van der Waals surface area (Å²) in [5.41, 5.74) is 3.91. The van der Waals surface area contributed by atoms with Crippen molar-refractivity contribution in [2.75, 3.05) is 0 Å². The number of amides is 1. The van der Waals surface area contributed by atoms with Crippen LogP contribution in [0.3, 0.4) is 0 Å². The molecule has 1 aliphatic rings. The zero-order valence-electron chi connectivity index (χ0n) is 6.16. The van der Waals surface area contributed by atoms with Crippen LogP contribution < -0.4 is 5.73 Å². The average Bonchev–Trinajstić information content (AvgIpc) is 1.85. The minimum Gasteiger partial charge on any atom is -0.385 e. The van der Waals surface area contributed by atoms with E-state index in [4.69, 9.17) is 5.73 Å². The Morgan fingerprint density at radius 1 is 1.64 bits per heavy atom. The summed E-state index contributed by atoms with van der Waals surface area (Å²) >= 11 is 0. The summed E-state index contributed by atoms with van der Waals surface area (Å²) in [6.45, 7) is 0. The van der Waals surface area contributed by atoms with Gasteiger partial charge in [-0.05, 0) is 6.42 Å². The predicted octanol–water partition coefficient (Wildman–Crippen LogP) is 0.109. The highest BCUT2D eigenvalue weighted by Gasteiger charge is 2.25. The SMILES string of the molecule is NC(=O)CC1(O)C=CC=CC1. The summed E-state index contributed by atoms with van der Waals surface area (Å²) in [5, 5.41) is 9.60. The predicted molar refractivity (Wildman–Crippen MR) is 41.7 cm³/mol. The number of carbonyl (C=O) groups is 1. The Kier molecular flexibility index (Phi) is 2.10. The van der Waals surface area contributed by atoms with Crippen molar-refractivity contribution >= 4 is 5.91 Å². The lowest BCUT2D eigenvalue weighted by Gasteiger charge is -2.22. The molecule has 0 aromatic carbocycles. The van der Waals surface area contributed by atoms with Crippen LogP contribution in [0.2, 0.25) is 0 Å². The second-order valence-electron chi connectivity index (χ2n) is 2.74. The van der Waals surface area contributed by atoms with Gasteiger partial charge in [-0.15, -0.1) is 0 Å². The zero-order valence-corrected chi connectivity index (χ0v) is 6.16. The van der Waals surface area contributed by atoms with Crippen LogP contribution in [0, 0.1) is 0 Å². The van der Waals surface area contributed by atoms with E-state index in [1.54, 1.807) is 12.2 Å². The van der Waals surface area contributed by atoms with Gasteiger partial charge in [0.1, 0.15) is 0 Å². The molecule has 0 aromatic rings. The van der Waals surface area contributed by atoms with Gasteiger partial charge in [-0.3, -0.25) is 4.79 Å². The number of primary amides is 1. The van der Waals surface area contributed by atoms with Gasteiger partial charge in [0.2, 0.25) is 5.91 Å². The molecule has 0 radical (unpaired) electrons. The number of aliphatic hydroxyl groups is 1. The van der Waals surface area contributed by atoms with Crippen LogP contribution in [-0.2, 0) is 4.79 Å². The van der Waals surface area contributed by atoms with Gasteiger partial charge in [0.25, 0.3) is 0 Å². The Morgan fingerprint density at radius 2 is 2.36 bits per heavy atom. The quantitative estimate of drug-likeness (QED) is 0.591. The van der Waals surface area contributed by atoms with Gasteiger partial charge in [0.15, 0.2) is 0 Å². The first-order valence-corrected chi connectivity index (χ1v) is 3.47. The Labute approximate surface area is 65.2 Å². The molecule has 0 saturated carbocycles. The summed E-state index contributed by atoms with van der Waals surface area (Å²) in [4.78, 5) is 10.5. The van der Waals surface area contributed by atoms with E-state index in [1.807, 2.05) is 12.2 Å². The normalized spacial score (nSPS) is 28.8. The first-order chi connectivity index (χ1) is 5.12. The molecule has 3 nitrogen and oxygen atoms in total. The number of allylic oxidation sites excluding steroid dienone is 2. The maximum absolute atomic E-state index is 10.5. The van der Waals surface area contributed by atoms with Crippen molar-refractivity contribution in [2.45, 2.75) is 18.4 Å². The summed E-state index contributed by atoms with van der Waals surface area (Å²) in [6, 6.07) is 0. The first-order valence-electron chi connectivity index (χ1n) is 3.47. The molecule has 1 amide bonds. The van der Waals surface area contributed by atoms with Crippen LogP contribution in [-0.4, -0.2) is 16.6 Å². The molecule has 0 fully saturated rings. The van der Waals surface area contributed by atoms with Gasteiger partial charge in [-0.2, -0.15) is 0 Å². The third-order valence-electron chi connectivity index (χ3n) is 1.61. The van der Waals surface area contributed by atoms with E-state index >= 15 is 0 Å². The number of hydrogen-bond donors (Lipinski definition) is 2. The molecule has 0 saturated heterocycles. The molecule has 3 N–H and O–H groups in total. The lowest BCUT2D eigenvalue weighted by molar-refractivity contribution is -0.121. The highest BCUT2D eigenvalue weighted by Crippen LogP contribution is 2.20. The second-order valence-corrected chi connectivity index (χ2v) is 2.74. The Bertz CT molecular complexity index is 220. The number of nitrogens with two attached hydrogens (primary N) is 1. The summed E-state index contributed by atoms with van der Waals surface area (Å²) in [5.74, 6) is -0.479. The lowest BCUT2D eigenvalue weighted by Crippen LogP contribution is -2.32. The molecule has 1 aliphatic carbocycles. The zero-order chi connectivity index (χ0) is 8.32. The molecule has 1 atom stereocenters. The second kappa shape index (κ2) is 2.88. The highest BCUT2D eigenvalue weighted by atomic mass is 16.3. The fourth-order valence-corrected chi connectivity index (χ4v) is 1.09. The van der Waals surface area contributed by atoms with Crippen molar-refractivity contribution in [1.29, 1.82) is 0 Å². The van der Waals surface area contributed by atoms with Gasteiger partial charge in [0.05, 0.1) is 12.0 Å². The van der Waals surface area contributed by atoms with Crippen molar-refractivity contribution in [3.05, 3.63) is 24.3 Å². The van der Waals surface area contributed by atoms with E-state index in [1.165, 1.54) is 0 Å². The molecule has 11 heavy (non-hydrogen) atoms. The van der Waals surface area contributed by atoms with E-state index in [0.717, 1.165) is 0 Å². The van der Waals surface area contributed by atoms with Gasteiger partial charge in [-0.25, -0.2) is 0 Å². The van der Waals surface area contributed by atoms with Gasteiger partial charge >= 0.3 is 0 Å². The van der Waals surface area contributed by atoms with Crippen LogP contribution in [0.5, 0.6) is 0 Å². The fourth-order valence-electron chi connectivity index (χ4n) is 1.09. The molecule has 60 valence electrons. The lowest BCUT2D eigenvalue weighted by atomic mass is 9.92. The Hall–Kier alpha value is -1.09. The third kappa shape index (κ3) is 2.20. The van der Waals surface area contributed by atoms with E-state index in [-0.39, 0.29) is 6.42 Å². The van der Waals surface area contributed by atoms with E-state index in [0.29, 0.717) is 6.42 Å². The maximum Gasteiger partial charge on any atom is 0.220 e. The molecule has 1 unspecified atom stereocenters. The van der Waals surface area contributed by atoms with Crippen LogP contribution in [0.15, 0.2) is 24.3 Å². The van der Waals surface area contributed by atoms with Crippen molar-refractivity contribution in [3.63, 3.8) is 0 Å². The van der Waals surface area contributed by atoms with Crippen molar-refractivity contribution in [1.82, 2.24) is 0 Å². The van der Waals surface area contributed by atoms with E-state index < -0.39 is 11.5 Å². The summed E-state index contributed by atoms with van der Waals surface area (Å²) in [6.07, 6.45) is 7.41. The molecule has 0 bridgehead atoms. The van der Waals surface area contributed by atoms with Crippen molar-refractivity contribution in [3.8, 4) is 0 Å². The third-order valence-corrected chi connectivity index (χ3v) is 1.61. The smallest absolute Gasteiger partial charge is 0.220 e. The molecule has 0 aliphatic heterocycles. The largest absolute Gasteiger partial charge is 0.385 e. The topological polar surface area (TPSA) is 63.3 Å². The van der Waals surface area contributed by atoms with E-state index in [9.17, 15) is 9.90 Å². The number of rotatable bonds is 2. The molecule has 3 heteroatoms. The van der Waals surface area contributed by atoms with Gasteiger partial charge in [-0.1, -0.05) is 24.3 Å². The Morgan fingerprint density at radius 3 is 2.82 bits per heavy atom. The molecule has 0 heterocycles. The van der Waals surface area contributed by atoms with Crippen LogP contribution in [0.25, 0.3) is 0 Å². The first kappa shape index (κ1) is 8.01. The number of hydrogen-bond acceptors (Lipinski definition) is 2. The fraction of sp³-hybridized carbons (Fsp3) is 0.375. The standard InChI is InChI=1S/C8H11NO2/c9-7(10)6-8(11)4-2-1-3-5-8/h1-4,11H,5-6H2,(H2,9,10). The minimum atomic E-state index is -1.04. The molecule has 0 spiro atoms. The minimum absolute atomic E-state index is 0.00611. The Balaban J connectivity index is 2.61. The maximum atomic E-state index is 10.5. The molecular formula is C8H11NO2. The summed E-state index contributed by atoms with van der Waals surface area (Å²) in [7, 11) is 0. The van der Waals surface area contributed by atoms with Crippen molar-refractivity contribution < 1.29 is 9.90 Å². The van der Waals surface area contributed by atoms with Crippen molar-refractivity contribution in [2.24, 2.45) is 5.73 Å². The van der Waals surface area contributed by atoms with E-state index in [2.05, 4.69) is 0 Å². The molecular weight excluding hydrogens is 142 g/mol. The summed E-state index contributed by atoms with van der Waals surface area (Å²) < 4.78 is 0. The van der Waals surface area contributed by atoms with Crippen LogP contribution in [0.4, 0.5) is 0 Å². The van der Waals surface area contributed by atoms with Crippen LogP contribution >= 0.6 is 0 Å². The monoisotopic (exact) mass is 153 g/mol.